The third-order valence-corrected chi connectivity index (χ3v) is 2.91. The van der Waals surface area contributed by atoms with E-state index < -0.39 is 6.10 Å². The summed E-state index contributed by atoms with van der Waals surface area (Å²) in [6, 6.07) is 1.44. The van der Waals surface area contributed by atoms with Gasteiger partial charge >= 0.3 is 0 Å². The molecule has 0 radical (unpaired) electrons. The number of likely N-dealkylation sites (N-methyl/N-ethyl adjacent to an activating group) is 1. The summed E-state index contributed by atoms with van der Waals surface area (Å²) in [5.41, 5.74) is 0.531. The van der Waals surface area contributed by atoms with Gasteiger partial charge in [0, 0.05) is 24.1 Å². The molecule has 0 saturated carbocycles. The van der Waals surface area contributed by atoms with Crippen LogP contribution in [0.15, 0.2) is 16.0 Å². The van der Waals surface area contributed by atoms with E-state index in [1.54, 1.807) is 6.92 Å². The number of hydrogen-bond acceptors (Lipinski definition) is 5. The zero-order chi connectivity index (χ0) is 12.0. The fourth-order valence-electron chi connectivity index (χ4n) is 1.16. The lowest BCUT2D eigenvalue weighted by Crippen LogP contribution is -2.28. The van der Waals surface area contributed by atoms with Gasteiger partial charge < -0.3 is 15.4 Å². The van der Waals surface area contributed by atoms with Crippen LogP contribution in [0.5, 0.6) is 0 Å². The number of nitrogens with one attached hydrogen (secondary N) is 2. The van der Waals surface area contributed by atoms with E-state index in [-0.39, 0.29) is 5.56 Å². The first-order valence-corrected chi connectivity index (χ1v) is 6.20. The van der Waals surface area contributed by atoms with E-state index in [1.165, 1.54) is 17.8 Å². The number of nitrogens with zero attached hydrogens (tertiary/aromatic N) is 1. The maximum atomic E-state index is 11.1. The summed E-state index contributed by atoms with van der Waals surface area (Å²) in [6.07, 6.45) is -0.434. The molecule has 0 aliphatic heterocycles. The molecule has 5 nitrogen and oxygen atoms in total. The van der Waals surface area contributed by atoms with Gasteiger partial charge in [-0.2, -0.15) is 0 Å². The Morgan fingerprint density at radius 3 is 3.06 bits per heavy atom. The van der Waals surface area contributed by atoms with Crippen LogP contribution in [0.4, 0.5) is 0 Å². The van der Waals surface area contributed by atoms with Crippen molar-refractivity contribution in [2.45, 2.75) is 25.1 Å². The quantitative estimate of drug-likeness (QED) is 0.489. The fourth-order valence-corrected chi connectivity index (χ4v) is 2.01. The molecule has 1 aromatic heterocycles. The first-order valence-electron chi connectivity index (χ1n) is 5.21. The van der Waals surface area contributed by atoms with Gasteiger partial charge in [-0.1, -0.05) is 18.7 Å². The standard InChI is InChI=1S/C10H17N3O2S/c1-3-11-5-8(14)6-16-10-12-7(2)4-9(15)13-10/h4,8,11,14H,3,5-6H2,1-2H3,(H,12,13,15). The number of aryl methyl sites for hydroxylation is 1. The molecular weight excluding hydrogens is 226 g/mol. The van der Waals surface area contributed by atoms with E-state index in [9.17, 15) is 9.90 Å². The third-order valence-electron chi connectivity index (χ3n) is 1.89. The van der Waals surface area contributed by atoms with Crippen LogP contribution in [-0.2, 0) is 0 Å². The van der Waals surface area contributed by atoms with E-state index in [0.717, 1.165) is 6.54 Å². The SMILES string of the molecule is CCNCC(O)CSc1nc(C)cc(=O)[nH]1. The molecule has 0 saturated heterocycles. The molecule has 0 bridgehead atoms. The van der Waals surface area contributed by atoms with Crippen molar-refractivity contribution >= 4 is 11.8 Å². The molecule has 0 aliphatic carbocycles. The third kappa shape index (κ3) is 4.78. The molecule has 0 amide bonds. The molecule has 1 unspecified atom stereocenters. The van der Waals surface area contributed by atoms with Gasteiger partial charge in [0.05, 0.1) is 6.10 Å². The number of aliphatic hydroxyl groups is 1. The summed E-state index contributed by atoms with van der Waals surface area (Å²) >= 11 is 1.35. The Bertz CT molecular complexity index is 381. The van der Waals surface area contributed by atoms with Crippen molar-refractivity contribution in [1.82, 2.24) is 15.3 Å². The lowest BCUT2D eigenvalue weighted by atomic mass is 10.4. The summed E-state index contributed by atoms with van der Waals surface area (Å²) in [5.74, 6) is 0.513. The number of aliphatic hydroxyl groups excluding tert-OH is 1. The lowest BCUT2D eigenvalue weighted by molar-refractivity contribution is 0.196. The number of aromatic amines is 1. The van der Waals surface area contributed by atoms with Crippen molar-refractivity contribution in [2.75, 3.05) is 18.8 Å². The molecule has 1 rings (SSSR count). The second kappa shape index (κ2) is 6.67. The van der Waals surface area contributed by atoms with Gasteiger partial charge in [0.1, 0.15) is 0 Å². The predicted octanol–water partition coefficient (Wildman–Crippen LogP) is 0.141. The highest BCUT2D eigenvalue weighted by Gasteiger charge is 2.06. The second-order valence-corrected chi connectivity index (χ2v) is 4.47. The van der Waals surface area contributed by atoms with Gasteiger partial charge in [0.25, 0.3) is 5.56 Å². The lowest BCUT2D eigenvalue weighted by Gasteiger charge is -2.09. The minimum atomic E-state index is -0.434. The summed E-state index contributed by atoms with van der Waals surface area (Å²) in [4.78, 5) is 17.9. The van der Waals surface area contributed by atoms with Gasteiger partial charge in [-0.05, 0) is 13.5 Å². The maximum absolute atomic E-state index is 11.1. The zero-order valence-corrected chi connectivity index (χ0v) is 10.3. The summed E-state index contributed by atoms with van der Waals surface area (Å²) in [7, 11) is 0. The molecule has 6 heteroatoms. The van der Waals surface area contributed by atoms with E-state index in [0.29, 0.717) is 23.1 Å². The van der Waals surface area contributed by atoms with Gasteiger partial charge in [0.2, 0.25) is 0 Å². The second-order valence-electron chi connectivity index (χ2n) is 3.46. The molecule has 0 spiro atoms. The highest BCUT2D eigenvalue weighted by atomic mass is 32.2. The van der Waals surface area contributed by atoms with Crippen LogP contribution in [0.25, 0.3) is 0 Å². The van der Waals surface area contributed by atoms with Crippen LogP contribution in [0.1, 0.15) is 12.6 Å². The zero-order valence-electron chi connectivity index (χ0n) is 9.49. The molecule has 0 aromatic carbocycles. The first-order chi connectivity index (χ1) is 7.61. The Balaban J connectivity index is 2.45. The normalized spacial score (nSPS) is 12.7. The number of hydrogen-bond donors (Lipinski definition) is 3. The summed E-state index contributed by atoms with van der Waals surface area (Å²) in [6.45, 7) is 5.15. The van der Waals surface area contributed by atoms with E-state index in [1.807, 2.05) is 6.92 Å². The monoisotopic (exact) mass is 243 g/mol. The molecule has 1 heterocycles. The topological polar surface area (TPSA) is 78.0 Å². The maximum Gasteiger partial charge on any atom is 0.251 e. The van der Waals surface area contributed by atoms with Crippen molar-refractivity contribution in [2.24, 2.45) is 0 Å². The highest BCUT2D eigenvalue weighted by molar-refractivity contribution is 7.99. The first kappa shape index (κ1) is 13.2. The average molecular weight is 243 g/mol. The predicted molar refractivity (Wildman–Crippen MR) is 64.9 cm³/mol. The van der Waals surface area contributed by atoms with Crippen LogP contribution in [0.2, 0.25) is 0 Å². The van der Waals surface area contributed by atoms with E-state index in [4.69, 9.17) is 0 Å². The number of rotatable bonds is 6. The Morgan fingerprint density at radius 2 is 2.44 bits per heavy atom. The van der Waals surface area contributed by atoms with Crippen LogP contribution in [0, 0.1) is 6.92 Å². The summed E-state index contributed by atoms with van der Waals surface area (Å²) in [5, 5.41) is 13.2. The Morgan fingerprint density at radius 1 is 1.69 bits per heavy atom. The van der Waals surface area contributed by atoms with Crippen LogP contribution in [0.3, 0.4) is 0 Å². The molecule has 0 aliphatic rings. The smallest absolute Gasteiger partial charge is 0.251 e. The molecular formula is C10H17N3O2S. The van der Waals surface area contributed by atoms with Gasteiger partial charge in [-0.25, -0.2) is 4.98 Å². The minimum absolute atomic E-state index is 0.156. The Labute approximate surface area is 98.7 Å². The molecule has 1 aromatic rings. The molecule has 16 heavy (non-hydrogen) atoms. The number of H-pyrrole nitrogens is 1. The van der Waals surface area contributed by atoms with Crippen molar-refractivity contribution in [3.63, 3.8) is 0 Å². The highest BCUT2D eigenvalue weighted by Crippen LogP contribution is 2.12. The van der Waals surface area contributed by atoms with Crippen LogP contribution in [-0.4, -0.2) is 40.0 Å². The fraction of sp³-hybridized carbons (Fsp3) is 0.600. The largest absolute Gasteiger partial charge is 0.391 e. The van der Waals surface area contributed by atoms with Crippen LogP contribution < -0.4 is 10.9 Å². The van der Waals surface area contributed by atoms with Gasteiger partial charge in [0.15, 0.2) is 5.16 Å². The molecule has 0 fully saturated rings. The van der Waals surface area contributed by atoms with Gasteiger partial charge in [-0.15, -0.1) is 0 Å². The van der Waals surface area contributed by atoms with Gasteiger partial charge in [-0.3, -0.25) is 4.79 Å². The van der Waals surface area contributed by atoms with Crippen molar-refractivity contribution in [3.8, 4) is 0 Å². The molecule has 1 atom stereocenters. The van der Waals surface area contributed by atoms with Crippen molar-refractivity contribution in [1.29, 1.82) is 0 Å². The Hall–Kier alpha value is -0.850. The number of thioether (sulfide) groups is 1. The van der Waals surface area contributed by atoms with Crippen molar-refractivity contribution < 1.29 is 5.11 Å². The van der Waals surface area contributed by atoms with Crippen molar-refractivity contribution in [3.05, 3.63) is 22.1 Å². The minimum Gasteiger partial charge on any atom is -0.391 e. The van der Waals surface area contributed by atoms with Crippen LogP contribution >= 0.6 is 11.8 Å². The van der Waals surface area contributed by atoms with E-state index in [2.05, 4.69) is 15.3 Å². The molecule has 90 valence electrons. The number of aromatic nitrogens is 2. The Kier molecular flexibility index (Phi) is 5.51. The van der Waals surface area contributed by atoms with E-state index >= 15 is 0 Å². The summed E-state index contributed by atoms with van der Waals surface area (Å²) < 4.78 is 0. The average Bonchev–Trinajstić information content (AvgIpc) is 2.22. The molecule has 3 N–H and O–H groups in total.